The van der Waals surface area contributed by atoms with E-state index in [1.807, 2.05) is 0 Å². The third-order valence-corrected chi connectivity index (χ3v) is 3.01. The zero-order valence-electron chi connectivity index (χ0n) is 9.48. The van der Waals surface area contributed by atoms with Gasteiger partial charge in [0.2, 0.25) is 0 Å². The summed E-state index contributed by atoms with van der Waals surface area (Å²) < 4.78 is 5.27. The molecule has 0 aromatic heterocycles. The van der Waals surface area contributed by atoms with Crippen LogP contribution < -0.4 is 0 Å². The fourth-order valence-corrected chi connectivity index (χ4v) is 2.11. The van der Waals surface area contributed by atoms with Crippen LogP contribution in [-0.2, 0) is 19.1 Å². The molecule has 0 aromatic carbocycles. The van der Waals surface area contributed by atoms with E-state index >= 15 is 0 Å². The van der Waals surface area contributed by atoms with E-state index in [2.05, 4.69) is 0 Å². The molecule has 0 saturated heterocycles. The molecule has 0 amide bonds. The number of ketones is 2. The zero-order valence-corrected chi connectivity index (χ0v) is 9.48. The van der Waals surface area contributed by atoms with Crippen LogP contribution in [-0.4, -0.2) is 23.1 Å². The van der Waals surface area contributed by atoms with E-state index in [1.165, 1.54) is 0 Å². The van der Waals surface area contributed by atoms with Gasteiger partial charge < -0.3 is 4.74 Å². The third-order valence-electron chi connectivity index (χ3n) is 3.01. The van der Waals surface area contributed by atoms with E-state index in [4.69, 9.17) is 4.74 Å². The SMILES string of the molecule is O=C1C/C=C\CC(=O)OC2(CC=CCC2=O)C1. The molecule has 90 valence electrons. The molecule has 4 heteroatoms. The number of allylic oxidation sites excluding steroid dienone is 2. The lowest BCUT2D eigenvalue weighted by atomic mass is 9.83. The minimum absolute atomic E-state index is 0.00769. The molecule has 0 N–H and O–H groups in total. The summed E-state index contributed by atoms with van der Waals surface area (Å²) in [5.74, 6) is -0.692. The van der Waals surface area contributed by atoms with Crippen molar-refractivity contribution < 1.29 is 19.1 Å². The van der Waals surface area contributed by atoms with Crippen LogP contribution in [0.4, 0.5) is 0 Å². The minimum Gasteiger partial charge on any atom is -0.450 e. The smallest absolute Gasteiger partial charge is 0.310 e. The van der Waals surface area contributed by atoms with Gasteiger partial charge in [0.1, 0.15) is 5.78 Å². The lowest BCUT2D eigenvalue weighted by Crippen LogP contribution is -2.45. The number of Topliss-reactive ketones (excluding diaryl/α,β-unsaturated/α-hetero) is 2. The van der Waals surface area contributed by atoms with Gasteiger partial charge in [-0.25, -0.2) is 0 Å². The second kappa shape index (κ2) is 4.65. The molecular weight excluding hydrogens is 220 g/mol. The summed E-state index contributed by atoms with van der Waals surface area (Å²) in [5, 5.41) is 0. The fraction of sp³-hybridized carbons (Fsp3) is 0.462. The van der Waals surface area contributed by atoms with Crippen molar-refractivity contribution in [2.45, 2.75) is 37.7 Å². The van der Waals surface area contributed by atoms with Crippen LogP contribution in [0.25, 0.3) is 0 Å². The van der Waals surface area contributed by atoms with Crippen LogP contribution in [0, 0.1) is 0 Å². The molecule has 0 fully saturated rings. The van der Waals surface area contributed by atoms with E-state index in [-0.39, 0.29) is 37.2 Å². The molecule has 2 rings (SSSR count). The van der Waals surface area contributed by atoms with Crippen molar-refractivity contribution in [1.29, 1.82) is 0 Å². The Balaban J connectivity index is 2.29. The Bertz CT molecular complexity index is 395. The van der Waals surface area contributed by atoms with Gasteiger partial charge >= 0.3 is 5.97 Å². The lowest BCUT2D eigenvalue weighted by molar-refractivity contribution is -0.168. The Labute approximate surface area is 99.3 Å². The number of rotatable bonds is 0. The fourth-order valence-electron chi connectivity index (χ4n) is 2.11. The second-order valence-corrected chi connectivity index (χ2v) is 4.37. The summed E-state index contributed by atoms with van der Waals surface area (Å²) in [6.07, 6.45) is 7.73. The third kappa shape index (κ3) is 2.52. The van der Waals surface area contributed by atoms with Gasteiger partial charge in [-0.05, 0) is 0 Å². The lowest BCUT2D eigenvalue weighted by Gasteiger charge is -2.32. The van der Waals surface area contributed by atoms with Crippen molar-refractivity contribution >= 4 is 17.5 Å². The quantitative estimate of drug-likeness (QED) is 0.470. The van der Waals surface area contributed by atoms with Crippen molar-refractivity contribution in [3.63, 3.8) is 0 Å². The van der Waals surface area contributed by atoms with Gasteiger partial charge in [-0.15, -0.1) is 0 Å². The Hall–Kier alpha value is -1.71. The predicted octanol–water partition coefficient (Wildman–Crippen LogP) is 1.50. The number of carbonyl (C=O) groups is 3. The molecule has 17 heavy (non-hydrogen) atoms. The first-order valence-corrected chi connectivity index (χ1v) is 5.69. The molecule has 0 radical (unpaired) electrons. The first-order chi connectivity index (χ1) is 8.12. The Kier molecular flexibility index (Phi) is 3.22. The van der Waals surface area contributed by atoms with Gasteiger partial charge in [0.15, 0.2) is 11.4 Å². The highest BCUT2D eigenvalue weighted by molar-refractivity contribution is 5.97. The maximum absolute atomic E-state index is 11.9. The van der Waals surface area contributed by atoms with Gasteiger partial charge in [-0.1, -0.05) is 24.3 Å². The standard InChI is InChI=1S/C13H14O4/c14-10-5-1-2-7-12(16)17-13(9-10)8-4-3-6-11(13)15/h1-4H,5-9H2/b2-1-. The molecule has 1 aliphatic heterocycles. The van der Waals surface area contributed by atoms with Crippen molar-refractivity contribution in [1.82, 2.24) is 0 Å². The molecule has 1 atom stereocenters. The van der Waals surface area contributed by atoms with Crippen molar-refractivity contribution in [3.05, 3.63) is 24.3 Å². The van der Waals surface area contributed by atoms with Crippen LogP contribution >= 0.6 is 0 Å². The van der Waals surface area contributed by atoms with Gasteiger partial charge in [-0.3, -0.25) is 14.4 Å². The highest BCUT2D eigenvalue weighted by Gasteiger charge is 2.43. The molecule has 1 heterocycles. The molecule has 2 aliphatic rings. The highest BCUT2D eigenvalue weighted by Crippen LogP contribution is 2.30. The molecule has 4 nitrogen and oxygen atoms in total. The van der Waals surface area contributed by atoms with Gasteiger partial charge in [0.05, 0.1) is 12.8 Å². The first kappa shape index (κ1) is 11.8. The summed E-state index contributed by atoms with van der Waals surface area (Å²) in [5.41, 5.74) is -1.24. The van der Waals surface area contributed by atoms with Gasteiger partial charge in [-0.2, -0.15) is 0 Å². The average molecular weight is 234 g/mol. The Morgan fingerprint density at radius 3 is 2.41 bits per heavy atom. The van der Waals surface area contributed by atoms with E-state index in [0.29, 0.717) is 6.42 Å². The molecular formula is C13H14O4. The van der Waals surface area contributed by atoms with Crippen LogP contribution in [0.3, 0.4) is 0 Å². The maximum Gasteiger partial charge on any atom is 0.310 e. The maximum atomic E-state index is 11.9. The molecule has 1 spiro atoms. The number of carbonyl (C=O) groups excluding carboxylic acids is 3. The summed E-state index contributed by atoms with van der Waals surface area (Å²) in [6, 6.07) is 0. The normalized spacial score (nSPS) is 31.6. The topological polar surface area (TPSA) is 60.4 Å². The number of ether oxygens (including phenoxy) is 1. The zero-order chi connectivity index (χ0) is 12.3. The van der Waals surface area contributed by atoms with Gasteiger partial charge in [0, 0.05) is 19.3 Å². The Morgan fingerprint density at radius 2 is 1.65 bits per heavy atom. The number of hydrogen-bond acceptors (Lipinski definition) is 4. The molecule has 0 bridgehead atoms. The van der Waals surface area contributed by atoms with Gasteiger partial charge in [0.25, 0.3) is 0 Å². The van der Waals surface area contributed by atoms with E-state index in [0.717, 1.165) is 0 Å². The molecule has 1 unspecified atom stereocenters. The first-order valence-electron chi connectivity index (χ1n) is 5.69. The van der Waals surface area contributed by atoms with Crippen LogP contribution in [0.2, 0.25) is 0 Å². The van der Waals surface area contributed by atoms with Crippen LogP contribution in [0.15, 0.2) is 24.3 Å². The van der Waals surface area contributed by atoms with Crippen molar-refractivity contribution in [2.24, 2.45) is 0 Å². The number of hydrogen-bond donors (Lipinski definition) is 0. The van der Waals surface area contributed by atoms with E-state index in [1.54, 1.807) is 24.3 Å². The Morgan fingerprint density at radius 1 is 0.941 bits per heavy atom. The molecule has 0 saturated carbocycles. The summed E-state index contributed by atoms with van der Waals surface area (Å²) in [7, 11) is 0. The highest BCUT2D eigenvalue weighted by atomic mass is 16.6. The number of esters is 1. The van der Waals surface area contributed by atoms with Crippen LogP contribution in [0.5, 0.6) is 0 Å². The monoisotopic (exact) mass is 234 g/mol. The van der Waals surface area contributed by atoms with E-state index < -0.39 is 11.6 Å². The summed E-state index contributed by atoms with van der Waals surface area (Å²) in [4.78, 5) is 35.2. The molecule has 1 aliphatic carbocycles. The predicted molar refractivity (Wildman–Crippen MR) is 60.2 cm³/mol. The largest absolute Gasteiger partial charge is 0.450 e. The van der Waals surface area contributed by atoms with E-state index in [9.17, 15) is 14.4 Å². The van der Waals surface area contributed by atoms with Crippen molar-refractivity contribution in [2.75, 3.05) is 0 Å². The van der Waals surface area contributed by atoms with Crippen LogP contribution in [0.1, 0.15) is 32.1 Å². The summed E-state index contributed by atoms with van der Waals surface area (Å²) in [6.45, 7) is 0. The second-order valence-electron chi connectivity index (χ2n) is 4.37. The minimum atomic E-state index is -1.24. The van der Waals surface area contributed by atoms with Crippen molar-refractivity contribution in [3.8, 4) is 0 Å². The summed E-state index contributed by atoms with van der Waals surface area (Å²) >= 11 is 0. The molecule has 0 aromatic rings. The average Bonchev–Trinajstić information content (AvgIpc) is 2.34.